The molecule has 0 spiro atoms. The van der Waals surface area contributed by atoms with Crippen molar-refractivity contribution in [3.05, 3.63) is 34.9 Å². The minimum Gasteiger partial charge on any atom is -0.449 e. The summed E-state index contributed by atoms with van der Waals surface area (Å²) in [5.74, 6) is 0. The Balaban J connectivity index is 2.71. The van der Waals surface area contributed by atoms with Gasteiger partial charge in [-0.15, -0.1) is 0 Å². The number of hydrogen-bond acceptors (Lipinski definition) is 2. The molecule has 0 aliphatic heterocycles. The molecular formula is C10H11ClO2. The lowest BCUT2D eigenvalue weighted by Crippen LogP contribution is -1.95. The Hall–Kier alpha value is -1.02. The largest absolute Gasteiger partial charge is 0.449 e. The van der Waals surface area contributed by atoms with E-state index in [1.807, 2.05) is 26.0 Å². The molecule has 70 valence electrons. The summed E-state index contributed by atoms with van der Waals surface area (Å²) in [4.78, 5) is 10.3. The number of aryl methyl sites for hydroxylation is 2. The maximum Gasteiger partial charge on any atom is 0.404 e. The van der Waals surface area contributed by atoms with Crippen LogP contribution in [0.4, 0.5) is 4.79 Å². The summed E-state index contributed by atoms with van der Waals surface area (Å²) in [6.07, 6.45) is 0. The molecule has 2 nitrogen and oxygen atoms in total. The van der Waals surface area contributed by atoms with Crippen molar-refractivity contribution in [2.45, 2.75) is 20.5 Å². The highest BCUT2D eigenvalue weighted by Crippen LogP contribution is 2.10. The topological polar surface area (TPSA) is 26.3 Å². The first kappa shape index (κ1) is 10.1. The molecule has 3 heteroatoms. The van der Waals surface area contributed by atoms with Gasteiger partial charge in [-0.05, 0) is 19.4 Å². The van der Waals surface area contributed by atoms with Gasteiger partial charge in [-0.25, -0.2) is 4.79 Å². The molecule has 0 aromatic heterocycles. The molecule has 1 aromatic rings. The third kappa shape index (κ3) is 3.47. The Morgan fingerprint density at radius 2 is 1.85 bits per heavy atom. The highest BCUT2D eigenvalue weighted by Gasteiger charge is 1.99. The van der Waals surface area contributed by atoms with Crippen LogP contribution in [0.3, 0.4) is 0 Å². The first-order valence-electron chi connectivity index (χ1n) is 3.97. The second-order valence-corrected chi connectivity index (χ2v) is 3.33. The molecule has 0 bridgehead atoms. The molecule has 0 atom stereocenters. The summed E-state index contributed by atoms with van der Waals surface area (Å²) in [5, 5.41) is 0. The maximum atomic E-state index is 10.3. The molecule has 0 aliphatic rings. The Kier molecular flexibility index (Phi) is 3.32. The average molecular weight is 199 g/mol. The van der Waals surface area contributed by atoms with E-state index in [0.29, 0.717) is 0 Å². The van der Waals surface area contributed by atoms with E-state index in [1.54, 1.807) is 0 Å². The third-order valence-electron chi connectivity index (χ3n) is 1.63. The van der Waals surface area contributed by atoms with Gasteiger partial charge in [0.2, 0.25) is 0 Å². The summed E-state index contributed by atoms with van der Waals surface area (Å²) in [7, 11) is 0. The quantitative estimate of drug-likeness (QED) is 0.683. The summed E-state index contributed by atoms with van der Waals surface area (Å²) >= 11 is 5.05. The summed E-state index contributed by atoms with van der Waals surface area (Å²) in [5.41, 5.74) is 2.51. The SMILES string of the molecule is Cc1cc(C)cc(COC(=O)Cl)c1. The van der Waals surface area contributed by atoms with Crippen molar-refractivity contribution in [2.75, 3.05) is 0 Å². The average Bonchev–Trinajstić information content (AvgIpc) is 1.99. The molecule has 0 radical (unpaired) electrons. The van der Waals surface area contributed by atoms with Crippen LogP contribution in [0.2, 0.25) is 0 Å². The van der Waals surface area contributed by atoms with E-state index in [0.717, 1.165) is 16.7 Å². The van der Waals surface area contributed by atoms with Crippen LogP contribution in [-0.4, -0.2) is 5.43 Å². The molecule has 0 fully saturated rings. The second-order valence-electron chi connectivity index (χ2n) is 3.02. The molecule has 0 aliphatic carbocycles. The smallest absolute Gasteiger partial charge is 0.404 e. The Morgan fingerprint density at radius 1 is 1.31 bits per heavy atom. The van der Waals surface area contributed by atoms with Crippen LogP contribution in [0.1, 0.15) is 16.7 Å². The summed E-state index contributed by atoms with van der Waals surface area (Å²) < 4.78 is 4.66. The van der Waals surface area contributed by atoms with Crippen LogP contribution in [0, 0.1) is 13.8 Å². The molecule has 0 N–H and O–H groups in total. The van der Waals surface area contributed by atoms with E-state index in [9.17, 15) is 4.79 Å². The predicted octanol–water partition coefficient (Wildman–Crippen LogP) is 3.18. The Morgan fingerprint density at radius 3 is 2.31 bits per heavy atom. The lowest BCUT2D eigenvalue weighted by atomic mass is 10.1. The van der Waals surface area contributed by atoms with Gasteiger partial charge >= 0.3 is 5.43 Å². The Bertz CT molecular complexity index is 300. The van der Waals surface area contributed by atoms with Gasteiger partial charge in [0, 0.05) is 11.6 Å². The fraction of sp³-hybridized carbons (Fsp3) is 0.300. The number of hydrogen-bond donors (Lipinski definition) is 0. The minimum absolute atomic E-state index is 0.241. The van der Waals surface area contributed by atoms with Crippen LogP contribution in [0.5, 0.6) is 0 Å². The first-order valence-corrected chi connectivity index (χ1v) is 4.35. The number of carbonyl (C=O) groups excluding carboxylic acids is 1. The fourth-order valence-electron chi connectivity index (χ4n) is 1.29. The van der Waals surface area contributed by atoms with Crippen molar-refractivity contribution in [1.82, 2.24) is 0 Å². The van der Waals surface area contributed by atoms with Gasteiger partial charge in [0.25, 0.3) is 0 Å². The lowest BCUT2D eigenvalue weighted by Gasteiger charge is -2.03. The van der Waals surface area contributed by atoms with E-state index < -0.39 is 5.43 Å². The van der Waals surface area contributed by atoms with E-state index in [2.05, 4.69) is 10.8 Å². The highest BCUT2D eigenvalue weighted by molar-refractivity contribution is 6.61. The molecule has 0 saturated heterocycles. The number of ether oxygens (including phenoxy) is 1. The van der Waals surface area contributed by atoms with Gasteiger partial charge < -0.3 is 4.74 Å². The minimum atomic E-state index is -0.765. The molecule has 1 rings (SSSR count). The van der Waals surface area contributed by atoms with Gasteiger partial charge in [-0.3, -0.25) is 0 Å². The van der Waals surface area contributed by atoms with Gasteiger partial charge in [-0.2, -0.15) is 0 Å². The van der Waals surface area contributed by atoms with E-state index >= 15 is 0 Å². The van der Waals surface area contributed by atoms with Crippen LogP contribution in [0.15, 0.2) is 18.2 Å². The molecule has 0 amide bonds. The molecule has 0 heterocycles. The third-order valence-corrected chi connectivity index (χ3v) is 1.74. The number of rotatable bonds is 2. The molecule has 1 aromatic carbocycles. The molecule has 13 heavy (non-hydrogen) atoms. The highest BCUT2D eigenvalue weighted by atomic mass is 35.5. The van der Waals surface area contributed by atoms with Gasteiger partial charge in [-0.1, -0.05) is 29.3 Å². The molecule has 0 unspecified atom stereocenters. The number of benzene rings is 1. The normalized spacial score (nSPS) is 9.77. The van der Waals surface area contributed by atoms with Crippen molar-refractivity contribution in [3.8, 4) is 0 Å². The van der Waals surface area contributed by atoms with Crippen LogP contribution in [0.25, 0.3) is 0 Å². The zero-order chi connectivity index (χ0) is 9.84. The lowest BCUT2D eigenvalue weighted by molar-refractivity contribution is 0.167. The van der Waals surface area contributed by atoms with Crippen LogP contribution >= 0.6 is 11.6 Å². The summed E-state index contributed by atoms with van der Waals surface area (Å²) in [6, 6.07) is 5.99. The zero-order valence-electron chi connectivity index (χ0n) is 7.63. The number of halogens is 1. The van der Waals surface area contributed by atoms with Crippen molar-refractivity contribution >= 4 is 17.0 Å². The van der Waals surface area contributed by atoms with Gasteiger partial charge in [0.05, 0.1) is 0 Å². The van der Waals surface area contributed by atoms with Crippen molar-refractivity contribution in [2.24, 2.45) is 0 Å². The molecular weight excluding hydrogens is 188 g/mol. The zero-order valence-corrected chi connectivity index (χ0v) is 8.39. The summed E-state index contributed by atoms with van der Waals surface area (Å²) in [6.45, 7) is 4.24. The van der Waals surface area contributed by atoms with Crippen molar-refractivity contribution < 1.29 is 9.53 Å². The van der Waals surface area contributed by atoms with E-state index in [1.165, 1.54) is 0 Å². The van der Waals surface area contributed by atoms with Crippen LogP contribution in [-0.2, 0) is 11.3 Å². The fourth-order valence-corrected chi connectivity index (χ4v) is 1.35. The van der Waals surface area contributed by atoms with Crippen molar-refractivity contribution in [1.29, 1.82) is 0 Å². The predicted molar refractivity (Wildman–Crippen MR) is 52.0 cm³/mol. The van der Waals surface area contributed by atoms with Gasteiger partial charge in [0.15, 0.2) is 0 Å². The van der Waals surface area contributed by atoms with E-state index in [-0.39, 0.29) is 6.61 Å². The Labute approximate surface area is 82.5 Å². The molecule has 0 saturated carbocycles. The first-order chi connectivity index (χ1) is 6.08. The van der Waals surface area contributed by atoms with E-state index in [4.69, 9.17) is 11.6 Å². The number of carbonyl (C=O) groups is 1. The van der Waals surface area contributed by atoms with Crippen molar-refractivity contribution in [3.63, 3.8) is 0 Å². The monoisotopic (exact) mass is 198 g/mol. The standard InChI is InChI=1S/C10H11ClO2/c1-7-3-8(2)5-9(4-7)6-13-10(11)12/h3-5H,6H2,1-2H3. The van der Waals surface area contributed by atoms with Gasteiger partial charge in [0.1, 0.15) is 6.61 Å². The second kappa shape index (κ2) is 4.28. The van der Waals surface area contributed by atoms with Crippen LogP contribution < -0.4 is 0 Å². The maximum absolute atomic E-state index is 10.3.